The Morgan fingerprint density at radius 1 is 1.45 bits per heavy atom. The molecular weight excluding hydrogens is 280 g/mol. The first kappa shape index (κ1) is 15.3. The minimum absolute atomic E-state index is 0.0236. The lowest BCUT2D eigenvalue weighted by atomic mass is 9.96. The molecule has 0 spiro atoms. The predicted octanol–water partition coefficient (Wildman–Crippen LogP) is 1.20. The van der Waals surface area contributed by atoms with Gasteiger partial charge in [-0.2, -0.15) is 9.57 Å². The highest BCUT2D eigenvalue weighted by atomic mass is 32.2. The van der Waals surface area contributed by atoms with E-state index in [2.05, 4.69) is 6.07 Å². The number of carbonyl (C=O) groups is 1. The van der Waals surface area contributed by atoms with Gasteiger partial charge in [-0.25, -0.2) is 8.42 Å². The van der Waals surface area contributed by atoms with E-state index in [9.17, 15) is 13.2 Å². The Morgan fingerprint density at radius 2 is 2.10 bits per heavy atom. The highest BCUT2D eigenvalue weighted by Gasteiger charge is 2.48. The predicted molar refractivity (Wildman–Crippen MR) is 72.2 cm³/mol. The smallest absolute Gasteiger partial charge is 0.307 e. The number of hydrogen-bond donors (Lipinski definition) is 1. The van der Waals surface area contributed by atoms with Crippen LogP contribution in [0.2, 0.25) is 0 Å². The van der Waals surface area contributed by atoms with Crippen molar-refractivity contribution in [3.05, 3.63) is 0 Å². The molecule has 0 amide bonds. The number of nitriles is 1. The molecule has 1 N–H and O–H groups in total. The molecule has 1 aliphatic carbocycles. The maximum Gasteiger partial charge on any atom is 0.307 e. The van der Waals surface area contributed by atoms with E-state index in [1.165, 1.54) is 4.31 Å². The fourth-order valence-corrected chi connectivity index (χ4v) is 5.24. The van der Waals surface area contributed by atoms with Gasteiger partial charge in [0.05, 0.1) is 17.7 Å². The summed E-state index contributed by atoms with van der Waals surface area (Å²) in [6, 6.07) is 1.90. The van der Waals surface area contributed by atoms with Gasteiger partial charge in [-0.15, -0.1) is 0 Å². The van der Waals surface area contributed by atoms with Gasteiger partial charge in [-0.3, -0.25) is 4.79 Å². The molecule has 2 aliphatic rings. The molecule has 2 fully saturated rings. The minimum atomic E-state index is -3.50. The molecule has 1 aliphatic heterocycles. The number of hydrogen-bond acceptors (Lipinski definition) is 4. The van der Waals surface area contributed by atoms with Crippen LogP contribution < -0.4 is 0 Å². The Balaban J connectivity index is 2.11. The molecule has 2 atom stereocenters. The van der Waals surface area contributed by atoms with Crippen LogP contribution in [-0.2, 0) is 14.8 Å². The summed E-state index contributed by atoms with van der Waals surface area (Å²) in [6.45, 7) is 1.88. The van der Waals surface area contributed by atoms with Crippen molar-refractivity contribution in [3.8, 4) is 6.07 Å². The molecule has 7 heteroatoms. The minimum Gasteiger partial charge on any atom is -0.481 e. The third-order valence-electron chi connectivity index (χ3n) is 4.43. The highest BCUT2D eigenvalue weighted by Crippen LogP contribution is 2.50. The van der Waals surface area contributed by atoms with Crippen molar-refractivity contribution in [2.45, 2.75) is 45.1 Å². The number of aliphatic carboxylic acids is 1. The van der Waals surface area contributed by atoms with Gasteiger partial charge in [0.2, 0.25) is 10.0 Å². The molecule has 0 aromatic carbocycles. The van der Waals surface area contributed by atoms with Gasteiger partial charge in [0.1, 0.15) is 0 Å². The summed E-state index contributed by atoms with van der Waals surface area (Å²) < 4.78 is 26.4. The van der Waals surface area contributed by atoms with E-state index in [-0.39, 0.29) is 30.2 Å². The third-order valence-corrected chi connectivity index (χ3v) is 6.63. The summed E-state index contributed by atoms with van der Waals surface area (Å²) in [4.78, 5) is 11.1. The second-order valence-electron chi connectivity index (χ2n) is 6.12. The first-order chi connectivity index (χ1) is 9.30. The number of sulfonamides is 1. The summed E-state index contributed by atoms with van der Waals surface area (Å²) in [5, 5.41) is 17.9. The van der Waals surface area contributed by atoms with E-state index in [4.69, 9.17) is 10.4 Å². The van der Waals surface area contributed by atoms with E-state index in [0.29, 0.717) is 12.8 Å². The van der Waals surface area contributed by atoms with Crippen molar-refractivity contribution in [2.24, 2.45) is 11.3 Å². The second-order valence-corrected chi connectivity index (χ2v) is 8.04. The largest absolute Gasteiger partial charge is 0.481 e. The summed E-state index contributed by atoms with van der Waals surface area (Å²) in [6.07, 6.45) is 2.89. The maximum absolute atomic E-state index is 12.5. The normalized spacial score (nSPS) is 29.6. The van der Waals surface area contributed by atoms with Gasteiger partial charge in [-0.1, -0.05) is 0 Å². The number of rotatable bonds is 5. The molecule has 0 aromatic rings. The molecule has 2 unspecified atom stereocenters. The quantitative estimate of drug-likeness (QED) is 0.822. The van der Waals surface area contributed by atoms with Crippen molar-refractivity contribution in [1.29, 1.82) is 5.26 Å². The zero-order valence-corrected chi connectivity index (χ0v) is 12.4. The molecule has 1 saturated heterocycles. The lowest BCUT2D eigenvalue weighted by Gasteiger charge is -2.36. The topological polar surface area (TPSA) is 98.5 Å². The fourth-order valence-electron chi connectivity index (χ4n) is 2.85. The molecule has 0 aromatic heterocycles. The Bertz CT molecular complexity index is 533. The van der Waals surface area contributed by atoms with Crippen molar-refractivity contribution >= 4 is 16.0 Å². The zero-order valence-electron chi connectivity index (χ0n) is 11.6. The summed E-state index contributed by atoms with van der Waals surface area (Å²) in [5.74, 6) is -1.58. The average molecular weight is 300 g/mol. The van der Waals surface area contributed by atoms with E-state index >= 15 is 0 Å². The summed E-state index contributed by atoms with van der Waals surface area (Å²) in [5.41, 5.74) is -0.385. The van der Waals surface area contributed by atoms with Crippen molar-refractivity contribution in [3.63, 3.8) is 0 Å². The van der Waals surface area contributed by atoms with Crippen molar-refractivity contribution in [1.82, 2.24) is 4.31 Å². The van der Waals surface area contributed by atoms with Gasteiger partial charge in [0.25, 0.3) is 0 Å². The third kappa shape index (κ3) is 3.13. The van der Waals surface area contributed by atoms with Crippen LogP contribution in [-0.4, -0.2) is 42.1 Å². The van der Waals surface area contributed by atoms with Crippen LogP contribution in [0.15, 0.2) is 0 Å². The van der Waals surface area contributed by atoms with E-state index < -0.39 is 21.9 Å². The Morgan fingerprint density at radius 3 is 2.60 bits per heavy atom. The van der Waals surface area contributed by atoms with Crippen LogP contribution in [0.25, 0.3) is 0 Å². The molecule has 112 valence electrons. The Hall–Kier alpha value is -1.13. The lowest BCUT2D eigenvalue weighted by Crippen LogP contribution is -2.49. The molecule has 1 saturated carbocycles. The second kappa shape index (κ2) is 5.34. The van der Waals surface area contributed by atoms with Gasteiger partial charge in [-0.05, 0) is 38.0 Å². The number of carboxylic acid groups (broad SMARTS) is 1. The van der Waals surface area contributed by atoms with Crippen LogP contribution >= 0.6 is 0 Å². The van der Waals surface area contributed by atoms with Gasteiger partial charge in [0, 0.05) is 19.0 Å². The first-order valence-electron chi connectivity index (χ1n) is 6.89. The van der Waals surface area contributed by atoms with E-state index in [1.807, 2.05) is 6.92 Å². The summed E-state index contributed by atoms with van der Waals surface area (Å²) >= 11 is 0. The average Bonchev–Trinajstić information content (AvgIpc) is 3.08. The number of piperidine rings is 1. The van der Waals surface area contributed by atoms with Crippen molar-refractivity contribution in [2.75, 3.05) is 12.3 Å². The summed E-state index contributed by atoms with van der Waals surface area (Å²) in [7, 11) is -3.50. The molecular formula is C13H20N2O4S. The van der Waals surface area contributed by atoms with Crippen LogP contribution in [0.1, 0.15) is 39.0 Å². The molecule has 0 bridgehead atoms. The standard InChI is InChI=1S/C13H20N2O4S/c1-10-2-3-11(12(16)17)8-15(10)20(18,19)9-13(4-5-13)6-7-14/h10-11H,2-6,8-9H2,1H3,(H,16,17). The molecule has 6 nitrogen and oxygen atoms in total. The van der Waals surface area contributed by atoms with Crippen LogP contribution in [0.3, 0.4) is 0 Å². The highest BCUT2D eigenvalue weighted by molar-refractivity contribution is 7.89. The van der Waals surface area contributed by atoms with Gasteiger partial charge < -0.3 is 5.11 Å². The van der Waals surface area contributed by atoms with Gasteiger partial charge in [0.15, 0.2) is 0 Å². The van der Waals surface area contributed by atoms with Gasteiger partial charge >= 0.3 is 5.97 Å². The molecule has 20 heavy (non-hydrogen) atoms. The lowest BCUT2D eigenvalue weighted by molar-refractivity contribution is -0.143. The van der Waals surface area contributed by atoms with E-state index in [0.717, 1.165) is 12.8 Å². The van der Waals surface area contributed by atoms with E-state index in [1.54, 1.807) is 0 Å². The number of nitrogens with zero attached hydrogens (tertiary/aromatic N) is 2. The van der Waals surface area contributed by atoms with Crippen LogP contribution in [0, 0.1) is 22.7 Å². The monoisotopic (exact) mass is 300 g/mol. The molecule has 0 radical (unpaired) electrons. The first-order valence-corrected chi connectivity index (χ1v) is 8.50. The number of carboxylic acids is 1. The maximum atomic E-state index is 12.5. The SMILES string of the molecule is CC1CCC(C(=O)O)CN1S(=O)(=O)CC1(CC#N)CC1. The Labute approximate surface area is 119 Å². The molecule has 2 rings (SSSR count). The van der Waals surface area contributed by atoms with Crippen molar-refractivity contribution < 1.29 is 18.3 Å². The van der Waals surface area contributed by atoms with Crippen LogP contribution in [0.4, 0.5) is 0 Å². The van der Waals surface area contributed by atoms with Crippen LogP contribution in [0.5, 0.6) is 0 Å². The fraction of sp³-hybridized carbons (Fsp3) is 0.846. The Kier molecular flexibility index (Phi) is 4.07. The zero-order chi connectivity index (χ0) is 15.0. The molecule has 1 heterocycles.